The van der Waals surface area contributed by atoms with E-state index in [1.165, 1.54) is 43.7 Å². The summed E-state index contributed by atoms with van der Waals surface area (Å²) in [6.45, 7) is 26.7. The van der Waals surface area contributed by atoms with Gasteiger partial charge in [0.2, 0.25) is 0 Å². The molecule has 0 spiro atoms. The Bertz CT molecular complexity index is 1150. The van der Waals surface area contributed by atoms with Crippen LogP contribution in [0, 0.1) is 0 Å². The summed E-state index contributed by atoms with van der Waals surface area (Å²) in [5.74, 6) is 1.29. The van der Waals surface area contributed by atoms with Crippen molar-refractivity contribution in [3.63, 3.8) is 0 Å². The number of benzene rings is 1. The molecule has 0 radical (unpaired) electrons. The summed E-state index contributed by atoms with van der Waals surface area (Å²) in [7, 11) is 2.82. The van der Waals surface area contributed by atoms with Crippen molar-refractivity contribution in [3.8, 4) is 0 Å². The van der Waals surface area contributed by atoms with E-state index in [0.717, 1.165) is 36.1 Å². The van der Waals surface area contributed by atoms with Crippen LogP contribution < -0.4 is 5.32 Å². The fourth-order valence-electron chi connectivity index (χ4n) is 3.84. The SMILES string of the molecule is C=C(/C=C\C(=NC)c1ccc(C(C)CCCCC)cc1)/C(=N/C/N=C\C)NC(C)/C=C/C(C)=C/C=C\C=C/C.CC.CC.CC=O.CO. The Balaban J connectivity index is -0.000000977. The van der Waals surface area contributed by atoms with Gasteiger partial charge in [0.05, 0.1) is 5.71 Å². The Hall–Kier alpha value is -3.90. The molecule has 6 nitrogen and oxygen atoms in total. The number of rotatable bonds is 16. The molecule has 0 amide bonds. The maximum absolute atomic E-state index is 8.81. The third-order valence-corrected chi connectivity index (χ3v) is 6.28. The van der Waals surface area contributed by atoms with Crippen molar-refractivity contribution in [2.75, 3.05) is 20.8 Å². The molecule has 0 aliphatic heterocycles. The number of aliphatic hydroxyl groups is 1. The Morgan fingerprint density at radius 2 is 1.54 bits per heavy atom. The van der Waals surface area contributed by atoms with Crippen molar-refractivity contribution in [2.45, 2.75) is 114 Å². The first-order valence-electron chi connectivity index (χ1n) is 17.5. The lowest BCUT2D eigenvalue weighted by Crippen LogP contribution is -2.32. The monoisotopic (exact) mass is 663 g/mol. The number of aliphatic hydroxyl groups excluding tert-OH is 1. The molecule has 0 aliphatic carbocycles. The normalized spacial score (nSPS) is 13.2. The van der Waals surface area contributed by atoms with E-state index in [9.17, 15) is 0 Å². The zero-order chi connectivity index (χ0) is 37.6. The van der Waals surface area contributed by atoms with Gasteiger partial charge < -0.3 is 15.2 Å². The van der Waals surface area contributed by atoms with Crippen LogP contribution in [0.2, 0.25) is 0 Å². The summed E-state index contributed by atoms with van der Waals surface area (Å²) in [5.41, 5.74) is 5.34. The van der Waals surface area contributed by atoms with Crippen LogP contribution in [0.15, 0.2) is 112 Å². The topological polar surface area (TPSA) is 86.4 Å². The van der Waals surface area contributed by atoms with Gasteiger partial charge >= 0.3 is 0 Å². The fourth-order valence-corrected chi connectivity index (χ4v) is 3.84. The van der Waals surface area contributed by atoms with Gasteiger partial charge in [0, 0.05) is 25.8 Å². The first-order chi connectivity index (χ1) is 23.3. The van der Waals surface area contributed by atoms with E-state index in [-0.39, 0.29) is 6.04 Å². The van der Waals surface area contributed by atoms with Gasteiger partial charge in [-0.05, 0) is 76.5 Å². The number of nitrogens with zero attached hydrogens (tertiary/aromatic N) is 3. The lowest BCUT2D eigenvalue weighted by atomic mass is 9.93. The lowest BCUT2D eigenvalue weighted by molar-refractivity contribution is -0.106. The molecule has 1 aromatic carbocycles. The van der Waals surface area contributed by atoms with Gasteiger partial charge in [0.25, 0.3) is 0 Å². The van der Waals surface area contributed by atoms with Crippen LogP contribution in [0.1, 0.15) is 119 Å². The van der Waals surface area contributed by atoms with Crippen molar-refractivity contribution < 1.29 is 9.90 Å². The molecule has 0 saturated carbocycles. The van der Waals surface area contributed by atoms with Crippen molar-refractivity contribution >= 4 is 24.0 Å². The summed E-state index contributed by atoms with van der Waals surface area (Å²) in [4.78, 5) is 22.2. The largest absolute Gasteiger partial charge is 0.400 e. The minimum atomic E-state index is 0.0635. The van der Waals surface area contributed by atoms with Gasteiger partial charge in [-0.1, -0.05) is 140 Å². The second kappa shape index (κ2) is 39.3. The summed E-state index contributed by atoms with van der Waals surface area (Å²) in [6, 6.07) is 8.87. The van der Waals surface area contributed by atoms with Gasteiger partial charge in [0.1, 0.15) is 18.8 Å². The Morgan fingerprint density at radius 1 is 0.938 bits per heavy atom. The zero-order valence-corrected chi connectivity index (χ0v) is 32.8. The highest BCUT2D eigenvalue weighted by atomic mass is 16.2. The molecular formula is C42H70N4O2. The molecule has 270 valence electrons. The first-order valence-corrected chi connectivity index (χ1v) is 17.5. The number of allylic oxidation sites excluding steroid dienone is 8. The molecule has 0 aromatic heterocycles. The average molecular weight is 663 g/mol. The molecule has 0 fully saturated rings. The maximum Gasteiger partial charge on any atom is 0.131 e. The molecule has 2 unspecified atom stereocenters. The van der Waals surface area contributed by atoms with E-state index in [0.29, 0.717) is 12.6 Å². The predicted molar refractivity (Wildman–Crippen MR) is 218 cm³/mol. The summed E-state index contributed by atoms with van der Waals surface area (Å²) < 4.78 is 0. The molecule has 48 heavy (non-hydrogen) atoms. The minimum Gasteiger partial charge on any atom is -0.400 e. The Kier molecular flexibility index (Phi) is 41.7. The third-order valence-electron chi connectivity index (χ3n) is 6.28. The molecule has 6 heteroatoms. The van der Waals surface area contributed by atoms with Gasteiger partial charge in [-0.2, -0.15) is 0 Å². The van der Waals surface area contributed by atoms with Crippen LogP contribution in [-0.2, 0) is 4.79 Å². The van der Waals surface area contributed by atoms with E-state index in [1.807, 2.05) is 85.0 Å². The number of aldehydes is 1. The van der Waals surface area contributed by atoms with E-state index < -0.39 is 0 Å². The highest BCUT2D eigenvalue weighted by Gasteiger charge is 2.08. The summed E-state index contributed by atoms with van der Waals surface area (Å²) in [5, 5.41) is 10.5. The zero-order valence-electron chi connectivity index (χ0n) is 32.8. The molecule has 0 saturated heterocycles. The maximum atomic E-state index is 8.81. The van der Waals surface area contributed by atoms with Crippen molar-refractivity contribution in [1.82, 2.24) is 5.32 Å². The molecule has 2 atom stereocenters. The van der Waals surface area contributed by atoms with Crippen LogP contribution >= 0.6 is 0 Å². The first kappa shape index (κ1) is 50.9. The van der Waals surface area contributed by atoms with Gasteiger partial charge in [0.15, 0.2) is 0 Å². The van der Waals surface area contributed by atoms with Crippen molar-refractivity contribution in [1.29, 1.82) is 0 Å². The number of carbonyl (C=O) groups excluding carboxylic acids is 1. The number of hydrogen-bond acceptors (Lipinski definition) is 5. The van der Waals surface area contributed by atoms with Crippen molar-refractivity contribution in [3.05, 3.63) is 108 Å². The third kappa shape index (κ3) is 28.3. The number of nitrogens with one attached hydrogen (secondary N) is 1. The highest BCUT2D eigenvalue weighted by molar-refractivity contribution is 6.10. The molecule has 1 aromatic rings. The second-order valence-corrected chi connectivity index (χ2v) is 9.92. The van der Waals surface area contributed by atoms with E-state index in [2.05, 4.69) is 97.1 Å². The highest BCUT2D eigenvalue weighted by Crippen LogP contribution is 2.22. The molecule has 0 heterocycles. The van der Waals surface area contributed by atoms with E-state index in [4.69, 9.17) is 9.90 Å². The molecule has 0 aliphatic rings. The Morgan fingerprint density at radius 3 is 2.06 bits per heavy atom. The molecule has 0 bridgehead atoms. The predicted octanol–water partition coefficient (Wildman–Crippen LogP) is 10.8. The number of hydrogen-bond donors (Lipinski definition) is 2. The number of aliphatic imine (C=N–C) groups is 3. The van der Waals surface area contributed by atoms with Crippen LogP contribution in [0.25, 0.3) is 0 Å². The summed E-state index contributed by atoms with van der Waals surface area (Å²) in [6.07, 6.45) is 25.9. The summed E-state index contributed by atoms with van der Waals surface area (Å²) >= 11 is 0. The minimum absolute atomic E-state index is 0.0635. The molecule has 2 N–H and O–H groups in total. The number of unbranched alkanes of at least 4 members (excludes halogenated alkanes) is 2. The van der Waals surface area contributed by atoms with Crippen LogP contribution in [0.5, 0.6) is 0 Å². The van der Waals surface area contributed by atoms with Crippen LogP contribution in [0.4, 0.5) is 0 Å². The molecule has 1 rings (SSSR count). The second-order valence-electron chi connectivity index (χ2n) is 9.92. The fraction of sp³-hybridized carbons (Fsp3) is 0.476. The van der Waals surface area contributed by atoms with Gasteiger partial charge in [-0.3, -0.25) is 9.98 Å². The lowest BCUT2D eigenvalue weighted by Gasteiger charge is -2.15. The molecular weight excluding hydrogens is 592 g/mol. The Labute approximate surface area is 296 Å². The number of carbonyl (C=O) groups is 1. The van der Waals surface area contributed by atoms with Gasteiger partial charge in [-0.15, -0.1) is 0 Å². The quantitative estimate of drug-likeness (QED) is 0.0607. The standard InChI is InChI=1S/C35H50N4.C2H4O.2C2H6.CH4O/c1-9-12-14-16-17-28(4)19-21-31(7)39-35(38-27-37-11-3)30(6)20-26-34(36-8)33-24-22-32(23-25-33)29(5)18-15-13-10-2;1-2-3;3*1-2/h9,11-12,14,16-17,19-26,29,31H,6,10,13,15,18,27H2,1-5,7-8H3,(H,38,39);2H,1H3;2*1-2H3;2H,1H3/b12-9-,16-14-,21-19+,26-20-,28-17+,36-34?,37-11-;;;;. The number of amidine groups is 1. The van der Waals surface area contributed by atoms with Crippen molar-refractivity contribution in [2.24, 2.45) is 15.0 Å². The van der Waals surface area contributed by atoms with E-state index in [1.54, 1.807) is 6.21 Å². The van der Waals surface area contributed by atoms with Crippen LogP contribution in [0.3, 0.4) is 0 Å². The smallest absolute Gasteiger partial charge is 0.131 e. The average Bonchev–Trinajstić information content (AvgIpc) is 3.12. The van der Waals surface area contributed by atoms with Crippen LogP contribution in [-0.4, -0.2) is 56.0 Å². The van der Waals surface area contributed by atoms with E-state index >= 15 is 0 Å². The van der Waals surface area contributed by atoms with Gasteiger partial charge in [-0.25, -0.2) is 4.99 Å².